The van der Waals surface area contributed by atoms with E-state index in [4.69, 9.17) is 16.3 Å². The molecule has 0 aromatic heterocycles. The van der Waals surface area contributed by atoms with Crippen molar-refractivity contribution in [2.75, 3.05) is 7.05 Å². The second kappa shape index (κ2) is 5.33. The molecule has 19 heavy (non-hydrogen) atoms. The van der Waals surface area contributed by atoms with Gasteiger partial charge in [-0.1, -0.05) is 48.0 Å². The van der Waals surface area contributed by atoms with Gasteiger partial charge in [-0.05, 0) is 35.4 Å². The first-order chi connectivity index (χ1) is 9.29. The molecule has 2 aromatic rings. The van der Waals surface area contributed by atoms with E-state index in [1.165, 1.54) is 16.7 Å². The quantitative estimate of drug-likeness (QED) is 0.921. The molecule has 0 amide bonds. The van der Waals surface area contributed by atoms with Crippen LogP contribution in [0.2, 0.25) is 5.02 Å². The number of hydrogen-bond acceptors (Lipinski definition) is 2. The summed E-state index contributed by atoms with van der Waals surface area (Å²) < 4.78 is 5.47. The van der Waals surface area contributed by atoms with Crippen LogP contribution < -0.4 is 5.32 Å². The number of halogens is 1. The summed E-state index contributed by atoms with van der Waals surface area (Å²) in [5, 5.41) is 4.13. The van der Waals surface area contributed by atoms with E-state index in [-0.39, 0.29) is 6.04 Å². The minimum atomic E-state index is 0.111. The van der Waals surface area contributed by atoms with E-state index in [0.29, 0.717) is 6.61 Å². The Hall–Kier alpha value is -1.35. The summed E-state index contributed by atoms with van der Waals surface area (Å²) >= 11 is 6.30. The molecular formula is C16H16ClNO. The normalized spacial score (nSPS) is 15.3. The first-order valence-electron chi connectivity index (χ1n) is 6.40. The Morgan fingerprint density at radius 2 is 1.89 bits per heavy atom. The maximum Gasteiger partial charge on any atom is 0.0725 e. The highest BCUT2D eigenvalue weighted by Gasteiger charge is 2.18. The van der Waals surface area contributed by atoms with Gasteiger partial charge in [-0.25, -0.2) is 0 Å². The van der Waals surface area contributed by atoms with E-state index < -0.39 is 0 Å². The van der Waals surface area contributed by atoms with Crippen LogP contribution in [0.4, 0.5) is 0 Å². The molecule has 1 N–H and O–H groups in total. The van der Waals surface area contributed by atoms with Crippen LogP contribution in [0.25, 0.3) is 0 Å². The Labute approximate surface area is 118 Å². The summed E-state index contributed by atoms with van der Waals surface area (Å²) in [6.07, 6.45) is 0. The molecule has 0 saturated carbocycles. The molecule has 0 saturated heterocycles. The Morgan fingerprint density at radius 1 is 1.11 bits per heavy atom. The lowest BCUT2D eigenvalue weighted by molar-refractivity contribution is 0.134. The second-order valence-corrected chi connectivity index (χ2v) is 5.17. The highest BCUT2D eigenvalue weighted by atomic mass is 35.5. The molecule has 0 bridgehead atoms. The largest absolute Gasteiger partial charge is 0.372 e. The fourth-order valence-electron chi connectivity index (χ4n) is 2.58. The molecule has 0 radical (unpaired) electrons. The van der Waals surface area contributed by atoms with Crippen LogP contribution in [0.5, 0.6) is 0 Å². The molecule has 0 fully saturated rings. The van der Waals surface area contributed by atoms with E-state index in [1.807, 2.05) is 25.2 Å². The third kappa shape index (κ3) is 2.39. The summed E-state index contributed by atoms with van der Waals surface area (Å²) in [6.45, 7) is 1.44. The first-order valence-corrected chi connectivity index (χ1v) is 6.78. The van der Waals surface area contributed by atoms with E-state index >= 15 is 0 Å². The van der Waals surface area contributed by atoms with Gasteiger partial charge in [0.25, 0.3) is 0 Å². The summed E-state index contributed by atoms with van der Waals surface area (Å²) in [5.74, 6) is 0. The topological polar surface area (TPSA) is 21.3 Å². The summed E-state index contributed by atoms with van der Waals surface area (Å²) in [7, 11) is 1.96. The predicted octanol–water partition coefficient (Wildman–Crippen LogP) is 3.68. The number of benzene rings is 2. The van der Waals surface area contributed by atoms with Crippen LogP contribution in [0, 0.1) is 0 Å². The van der Waals surface area contributed by atoms with Crippen LogP contribution in [0.1, 0.15) is 28.3 Å². The maximum absolute atomic E-state index is 6.30. The average Bonchev–Trinajstić information content (AvgIpc) is 2.89. The molecule has 1 heterocycles. The molecule has 1 unspecified atom stereocenters. The molecule has 98 valence electrons. The fraction of sp³-hybridized carbons (Fsp3) is 0.250. The van der Waals surface area contributed by atoms with Gasteiger partial charge in [0, 0.05) is 5.02 Å². The first kappa shape index (κ1) is 12.7. The van der Waals surface area contributed by atoms with Gasteiger partial charge in [-0.15, -0.1) is 0 Å². The fourth-order valence-corrected chi connectivity index (χ4v) is 2.83. The lowest BCUT2D eigenvalue weighted by Gasteiger charge is -2.19. The zero-order valence-corrected chi connectivity index (χ0v) is 11.6. The van der Waals surface area contributed by atoms with E-state index in [0.717, 1.165) is 17.2 Å². The van der Waals surface area contributed by atoms with E-state index in [1.54, 1.807) is 0 Å². The van der Waals surface area contributed by atoms with Crippen molar-refractivity contribution in [3.63, 3.8) is 0 Å². The molecular weight excluding hydrogens is 258 g/mol. The highest BCUT2D eigenvalue weighted by molar-refractivity contribution is 6.31. The van der Waals surface area contributed by atoms with Gasteiger partial charge in [0.1, 0.15) is 0 Å². The van der Waals surface area contributed by atoms with Crippen molar-refractivity contribution in [1.29, 1.82) is 0 Å². The van der Waals surface area contributed by atoms with Crippen molar-refractivity contribution >= 4 is 11.6 Å². The molecule has 3 rings (SSSR count). The number of nitrogens with one attached hydrogen (secondary N) is 1. The average molecular weight is 274 g/mol. The Bertz CT molecular complexity index is 597. The number of rotatable bonds is 3. The van der Waals surface area contributed by atoms with Crippen molar-refractivity contribution in [2.45, 2.75) is 19.3 Å². The smallest absolute Gasteiger partial charge is 0.0725 e. The predicted molar refractivity (Wildman–Crippen MR) is 77.3 cm³/mol. The molecule has 1 atom stereocenters. The van der Waals surface area contributed by atoms with E-state index in [2.05, 4.69) is 29.6 Å². The zero-order chi connectivity index (χ0) is 13.2. The molecule has 3 heteroatoms. The summed E-state index contributed by atoms with van der Waals surface area (Å²) in [6, 6.07) is 14.6. The monoisotopic (exact) mass is 273 g/mol. The third-order valence-electron chi connectivity index (χ3n) is 3.58. The van der Waals surface area contributed by atoms with Crippen LogP contribution in [-0.2, 0) is 18.0 Å². The lowest BCUT2D eigenvalue weighted by atomic mass is 9.96. The van der Waals surface area contributed by atoms with Gasteiger partial charge < -0.3 is 10.1 Å². The SMILES string of the molecule is CNC(c1ccc2c(c1)COC2)c1ccccc1Cl. The standard InChI is InChI=1S/C16H16ClNO/c1-18-16(14-4-2-3-5-15(14)17)11-6-7-12-9-19-10-13(12)8-11/h2-8,16,18H,9-10H2,1H3. The van der Waals surface area contributed by atoms with Crippen molar-refractivity contribution in [1.82, 2.24) is 5.32 Å². The highest BCUT2D eigenvalue weighted by Crippen LogP contribution is 2.30. The zero-order valence-electron chi connectivity index (χ0n) is 10.8. The Morgan fingerprint density at radius 3 is 2.68 bits per heavy atom. The minimum absolute atomic E-state index is 0.111. The van der Waals surface area contributed by atoms with Crippen LogP contribution >= 0.6 is 11.6 Å². The van der Waals surface area contributed by atoms with Gasteiger partial charge in [0.15, 0.2) is 0 Å². The van der Waals surface area contributed by atoms with Gasteiger partial charge in [-0.2, -0.15) is 0 Å². The lowest BCUT2D eigenvalue weighted by Crippen LogP contribution is -2.18. The van der Waals surface area contributed by atoms with Crippen LogP contribution in [0.3, 0.4) is 0 Å². The Kier molecular flexibility index (Phi) is 3.56. The third-order valence-corrected chi connectivity index (χ3v) is 3.93. The molecule has 1 aliphatic rings. The molecule has 2 nitrogen and oxygen atoms in total. The molecule has 2 aromatic carbocycles. The molecule has 0 aliphatic carbocycles. The van der Waals surface area contributed by atoms with Gasteiger partial charge in [-0.3, -0.25) is 0 Å². The second-order valence-electron chi connectivity index (χ2n) is 4.76. The number of hydrogen-bond donors (Lipinski definition) is 1. The van der Waals surface area contributed by atoms with Crippen LogP contribution in [0.15, 0.2) is 42.5 Å². The van der Waals surface area contributed by atoms with Gasteiger partial charge >= 0.3 is 0 Å². The van der Waals surface area contributed by atoms with Crippen molar-refractivity contribution in [2.24, 2.45) is 0 Å². The Balaban J connectivity index is 2.01. The van der Waals surface area contributed by atoms with Crippen molar-refractivity contribution in [3.05, 3.63) is 69.7 Å². The van der Waals surface area contributed by atoms with Gasteiger partial charge in [0.2, 0.25) is 0 Å². The minimum Gasteiger partial charge on any atom is -0.372 e. The van der Waals surface area contributed by atoms with E-state index in [9.17, 15) is 0 Å². The maximum atomic E-state index is 6.30. The van der Waals surface area contributed by atoms with Crippen LogP contribution in [-0.4, -0.2) is 7.05 Å². The summed E-state index contributed by atoms with van der Waals surface area (Å²) in [4.78, 5) is 0. The molecule has 1 aliphatic heterocycles. The number of fused-ring (bicyclic) bond motifs is 1. The summed E-state index contributed by atoms with van der Waals surface area (Å²) in [5.41, 5.74) is 4.90. The van der Waals surface area contributed by atoms with Gasteiger partial charge in [0.05, 0.1) is 19.3 Å². The van der Waals surface area contributed by atoms with Crippen molar-refractivity contribution < 1.29 is 4.74 Å². The molecule has 0 spiro atoms. The number of ether oxygens (including phenoxy) is 1. The van der Waals surface area contributed by atoms with Crippen molar-refractivity contribution in [3.8, 4) is 0 Å².